The SMILES string of the molecule is CCS(=O)(=O)CC(C)Nc1cc(F)c(Br)cc1C. The van der Waals surface area contributed by atoms with Gasteiger partial charge < -0.3 is 5.32 Å². The lowest BCUT2D eigenvalue weighted by Crippen LogP contribution is -2.27. The van der Waals surface area contributed by atoms with Crippen LogP contribution in [0.15, 0.2) is 16.6 Å². The molecular weight excluding hydrogens is 321 g/mol. The Balaban J connectivity index is 2.82. The summed E-state index contributed by atoms with van der Waals surface area (Å²) < 4.78 is 36.8. The molecule has 1 aromatic rings. The van der Waals surface area contributed by atoms with E-state index in [1.165, 1.54) is 6.07 Å². The molecule has 0 fully saturated rings. The van der Waals surface area contributed by atoms with Crippen LogP contribution in [-0.4, -0.2) is 26.0 Å². The zero-order chi connectivity index (χ0) is 13.9. The highest BCUT2D eigenvalue weighted by Crippen LogP contribution is 2.24. The molecule has 0 aliphatic carbocycles. The second kappa shape index (κ2) is 6.02. The normalized spacial score (nSPS) is 13.4. The minimum absolute atomic E-state index is 0.0423. The molecule has 1 aromatic carbocycles. The first-order valence-electron chi connectivity index (χ1n) is 5.67. The fraction of sp³-hybridized carbons (Fsp3) is 0.500. The Bertz CT molecular complexity index is 531. The molecule has 0 bridgehead atoms. The second-order valence-corrected chi connectivity index (χ2v) is 7.58. The van der Waals surface area contributed by atoms with Crippen LogP contribution in [0.4, 0.5) is 10.1 Å². The van der Waals surface area contributed by atoms with Crippen molar-refractivity contribution >= 4 is 31.5 Å². The topological polar surface area (TPSA) is 46.2 Å². The van der Waals surface area contributed by atoms with Crippen molar-refractivity contribution in [1.29, 1.82) is 0 Å². The molecule has 0 heterocycles. The maximum Gasteiger partial charge on any atom is 0.152 e. The van der Waals surface area contributed by atoms with Crippen molar-refractivity contribution in [3.8, 4) is 0 Å². The first-order chi connectivity index (χ1) is 8.25. The molecule has 1 unspecified atom stereocenters. The summed E-state index contributed by atoms with van der Waals surface area (Å²) in [7, 11) is -3.04. The van der Waals surface area contributed by atoms with E-state index in [0.717, 1.165) is 5.56 Å². The quantitative estimate of drug-likeness (QED) is 0.897. The fourth-order valence-electron chi connectivity index (χ4n) is 1.61. The molecule has 3 nitrogen and oxygen atoms in total. The molecule has 0 saturated carbocycles. The van der Waals surface area contributed by atoms with Gasteiger partial charge in [0.05, 0.1) is 10.2 Å². The van der Waals surface area contributed by atoms with Crippen LogP contribution in [0.5, 0.6) is 0 Å². The fourth-order valence-corrected chi connectivity index (χ4v) is 3.15. The molecule has 1 atom stereocenters. The third-order valence-corrected chi connectivity index (χ3v) is 5.11. The number of benzene rings is 1. The minimum atomic E-state index is -3.04. The summed E-state index contributed by atoms with van der Waals surface area (Å²) in [6.45, 7) is 5.23. The maximum atomic E-state index is 13.4. The summed E-state index contributed by atoms with van der Waals surface area (Å²) in [4.78, 5) is 0. The van der Waals surface area contributed by atoms with Gasteiger partial charge in [0.25, 0.3) is 0 Å². The molecule has 1 N–H and O–H groups in total. The Kier molecular flexibility index (Phi) is 5.16. The standard InChI is InChI=1S/C12H17BrFNO2S/c1-4-18(16,17)7-9(3)15-12-6-11(14)10(13)5-8(12)2/h5-6,9,15H,4,7H2,1-3H3. The van der Waals surface area contributed by atoms with Gasteiger partial charge in [0, 0.05) is 17.5 Å². The highest BCUT2D eigenvalue weighted by Gasteiger charge is 2.15. The highest BCUT2D eigenvalue weighted by molar-refractivity contribution is 9.10. The van der Waals surface area contributed by atoms with Crippen molar-refractivity contribution in [1.82, 2.24) is 0 Å². The Morgan fingerprint density at radius 1 is 1.44 bits per heavy atom. The third kappa shape index (κ3) is 4.24. The van der Waals surface area contributed by atoms with Crippen LogP contribution >= 0.6 is 15.9 Å². The number of hydrogen-bond acceptors (Lipinski definition) is 3. The number of hydrogen-bond donors (Lipinski definition) is 1. The predicted molar refractivity (Wildman–Crippen MR) is 76.2 cm³/mol. The first kappa shape index (κ1) is 15.4. The van der Waals surface area contributed by atoms with Gasteiger partial charge in [-0.25, -0.2) is 12.8 Å². The van der Waals surface area contributed by atoms with Gasteiger partial charge in [-0.05, 0) is 47.5 Å². The lowest BCUT2D eigenvalue weighted by molar-refractivity contribution is 0.593. The molecule has 0 radical (unpaired) electrons. The van der Waals surface area contributed by atoms with E-state index in [4.69, 9.17) is 0 Å². The van der Waals surface area contributed by atoms with Gasteiger partial charge in [-0.2, -0.15) is 0 Å². The third-order valence-electron chi connectivity index (χ3n) is 2.61. The zero-order valence-corrected chi connectivity index (χ0v) is 13.0. The van der Waals surface area contributed by atoms with Crippen LogP contribution in [0, 0.1) is 12.7 Å². The Morgan fingerprint density at radius 3 is 2.61 bits per heavy atom. The molecule has 0 aliphatic rings. The van der Waals surface area contributed by atoms with Crippen LogP contribution < -0.4 is 5.32 Å². The summed E-state index contributed by atoms with van der Waals surface area (Å²) in [5, 5.41) is 3.03. The number of sulfone groups is 1. The number of aryl methyl sites for hydroxylation is 1. The average Bonchev–Trinajstić information content (AvgIpc) is 2.25. The van der Waals surface area contributed by atoms with Gasteiger partial charge in [-0.1, -0.05) is 6.92 Å². The van der Waals surface area contributed by atoms with Gasteiger partial charge >= 0.3 is 0 Å². The number of rotatable bonds is 5. The van der Waals surface area contributed by atoms with E-state index in [0.29, 0.717) is 10.2 Å². The van der Waals surface area contributed by atoms with Crippen molar-refractivity contribution in [2.75, 3.05) is 16.8 Å². The van der Waals surface area contributed by atoms with E-state index in [9.17, 15) is 12.8 Å². The molecule has 0 aliphatic heterocycles. The van der Waals surface area contributed by atoms with E-state index < -0.39 is 9.84 Å². The van der Waals surface area contributed by atoms with Crippen LogP contribution in [0.1, 0.15) is 19.4 Å². The van der Waals surface area contributed by atoms with Crippen molar-refractivity contribution < 1.29 is 12.8 Å². The Hall–Kier alpha value is -0.620. The lowest BCUT2D eigenvalue weighted by atomic mass is 10.2. The monoisotopic (exact) mass is 337 g/mol. The Labute approximate surface area is 116 Å². The summed E-state index contributed by atoms with van der Waals surface area (Å²) in [6, 6.07) is 2.78. The molecule has 0 aromatic heterocycles. The molecule has 0 amide bonds. The van der Waals surface area contributed by atoms with Crippen LogP contribution in [0.3, 0.4) is 0 Å². The van der Waals surface area contributed by atoms with Crippen molar-refractivity contribution in [2.24, 2.45) is 0 Å². The zero-order valence-electron chi connectivity index (χ0n) is 10.6. The lowest BCUT2D eigenvalue weighted by Gasteiger charge is -2.17. The van der Waals surface area contributed by atoms with Gasteiger partial charge in [-0.3, -0.25) is 0 Å². The first-order valence-corrected chi connectivity index (χ1v) is 8.29. The molecule has 0 spiro atoms. The van der Waals surface area contributed by atoms with E-state index in [1.807, 2.05) is 6.92 Å². The second-order valence-electron chi connectivity index (χ2n) is 4.33. The van der Waals surface area contributed by atoms with E-state index >= 15 is 0 Å². The molecular formula is C12H17BrFNO2S. The van der Waals surface area contributed by atoms with Crippen molar-refractivity contribution in [3.05, 3.63) is 28.0 Å². The number of halogens is 2. The van der Waals surface area contributed by atoms with Gasteiger partial charge in [-0.15, -0.1) is 0 Å². The summed E-state index contributed by atoms with van der Waals surface area (Å²) in [5.74, 6) is -0.207. The van der Waals surface area contributed by atoms with Gasteiger partial charge in [0.15, 0.2) is 9.84 Å². The number of nitrogens with one attached hydrogen (secondary N) is 1. The van der Waals surface area contributed by atoms with E-state index in [-0.39, 0.29) is 23.4 Å². The minimum Gasteiger partial charge on any atom is -0.381 e. The average molecular weight is 338 g/mol. The maximum absolute atomic E-state index is 13.4. The summed E-state index contributed by atoms with van der Waals surface area (Å²) in [5.41, 5.74) is 1.48. The van der Waals surface area contributed by atoms with E-state index in [1.54, 1.807) is 19.9 Å². The molecule has 1 rings (SSSR count). The molecule has 0 saturated heterocycles. The molecule has 6 heteroatoms. The van der Waals surface area contributed by atoms with E-state index in [2.05, 4.69) is 21.2 Å². The van der Waals surface area contributed by atoms with Gasteiger partial charge in [0.2, 0.25) is 0 Å². The Morgan fingerprint density at radius 2 is 2.06 bits per heavy atom. The molecule has 18 heavy (non-hydrogen) atoms. The largest absolute Gasteiger partial charge is 0.381 e. The smallest absolute Gasteiger partial charge is 0.152 e. The number of anilines is 1. The van der Waals surface area contributed by atoms with Crippen LogP contribution in [-0.2, 0) is 9.84 Å². The summed E-state index contributed by atoms with van der Waals surface area (Å²) in [6.07, 6.45) is 0. The van der Waals surface area contributed by atoms with Crippen molar-refractivity contribution in [2.45, 2.75) is 26.8 Å². The van der Waals surface area contributed by atoms with Crippen molar-refractivity contribution in [3.63, 3.8) is 0 Å². The predicted octanol–water partition coefficient (Wildman–Crippen LogP) is 3.13. The van der Waals surface area contributed by atoms with Crippen LogP contribution in [0.25, 0.3) is 0 Å². The highest BCUT2D eigenvalue weighted by atomic mass is 79.9. The molecule has 102 valence electrons. The van der Waals surface area contributed by atoms with Crippen LogP contribution in [0.2, 0.25) is 0 Å². The van der Waals surface area contributed by atoms with Gasteiger partial charge in [0.1, 0.15) is 5.82 Å². The summed E-state index contributed by atoms with van der Waals surface area (Å²) >= 11 is 3.11.